The molecule has 2 aromatic carbocycles. The number of hydrogen-bond donors (Lipinski definition) is 2. The molecule has 1 aliphatic rings. The highest BCUT2D eigenvalue weighted by Crippen LogP contribution is 2.47. The highest BCUT2D eigenvalue weighted by molar-refractivity contribution is 7.99. The van der Waals surface area contributed by atoms with Crippen molar-refractivity contribution in [2.24, 2.45) is 0 Å². The van der Waals surface area contributed by atoms with E-state index in [1.54, 1.807) is 36.0 Å². The van der Waals surface area contributed by atoms with Gasteiger partial charge in [0.05, 0.1) is 0 Å². The van der Waals surface area contributed by atoms with E-state index in [0.29, 0.717) is 12.0 Å². The number of benzene rings is 2. The molecule has 2 aromatic rings. The molecule has 0 saturated heterocycles. The van der Waals surface area contributed by atoms with Crippen LogP contribution in [0.3, 0.4) is 0 Å². The lowest BCUT2D eigenvalue weighted by Gasteiger charge is -2.15. The molecular formula is C18H17NO3S. The van der Waals surface area contributed by atoms with Gasteiger partial charge in [-0.2, -0.15) is 11.8 Å². The number of nitrogens with one attached hydrogen (secondary N) is 1. The molecule has 0 heterocycles. The normalized spacial score (nSPS) is 22.3. The Bertz CT molecular complexity index is 705. The monoisotopic (exact) mass is 327 g/mol. The third-order valence-electron chi connectivity index (χ3n) is 3.95. The average molecular weight is 327 g/mol. The first-order valence-corrected chi connectivity index (χ1v) is 8.43. The molecule has 23 heavy (non-hydrogen) atoms. The van der Waals surface area contributed by atoms with Crippen molar-refractivity contribution in [3.63, 3.8) is 0 Å². The second kappa shape index (κ2) is 6.46. The van der Waals surface area contributed by atoms with Crippen molar-refractivity contribution in [3.8, 4) is 0 Å². The number of aliphatic carboxylic acids is 1. The highest BCUT2D eigenvalue weighted by Gasteiger charge is 2.62. The largest absolute Gasteiger partial charge is 0.479 e. The zero-order valence-electron chi connectivity index (χ0n) is 12.4. The van der Waals surface area contributed by atoms with E-state index in [0.717, 1.165) is 11.3 Å². The van der Waals surface area contributed by atoms with Crippen LogP contribution in [0.15, 0.2) is 60.7 Å². The summed E-state index contributed by atoms with van der Waals surface area (Å²) in [4.78, 5) is 23.9. The van der Waals surface area contributed by atoms with E-state index in [4.69, 9.17) is 0 Å². The number of rotatable bonds is 6. The molecule has 1 saturated carbocycles. The summed E-state index contributed by atoms with van der Waals surface area (Å²) in [6.45, 7) is 0. The van der Waals surface area contributed by atoms with Crippen molar-refractivity contribution in [1.82, 2.24) is 5.32 Å². The summed E-state index contributed by atoms with van der Waals surface area (Å²) in [5, 5.41) is 12.1. The van der Waals surface area contributed by atoms with Crippen LogP contribution in [-0.2, 0) is 10.5 Å². The molecule has 5 heteroatoms. The Morgan fingerprint density at radius 2 is 1.70 bits per heavy atom. The van der Waals surface area contributed by atoms with E-state index in [2.05, 4.69) is 5.32 Å². The molecule has 118 valence electrons. The van der Waals surface area contributed by atoms with Crippen molar-refractivity contribution >= 4 is 23.6 Å². The lowest BCUT2D eigenvalue weighted by atomic mass is 10.2. The Morgan fingerprint density at radius 1 is 1.09 bits per heavy atom. The van der Waals surface area contributed by atoms with Crippen LogP contribution in [0.1, 0.15) is 22.3 Å². The molecule has 1 fully saturated rings. The second-order valence-corrected chi connectivity index (χ2v) is 6.78. The quantitative estimate of drug-likeness (QED) is 0.856. The smallest absolute Gasteiger partial charge is 0.330 e. The molecule has 0 unspecified atom stereocenters. The van der Waals surface area contributed by atoms with Crippen molar-refractivity contribution < 1.29 is 14.7 Å². The van der Waals surface area contributed by atoms with Gasteiger partial charge in [-0.1, -0.05) is 48.5 Å². The maximum atomic E-state index is 12.2. The fourth-order valence-corrected chi connectivity index (χ4v) is 3.89. The molecule has 0 radical (unpaired) electrons. The number of amides is 1. The maximum Gasteiger partial charge on any atom is 0.330 e. The third-order valence-corrected chi connectivity index (χ3v) is 5.42. The highest BCUT2D eigenvalue weighted by atomic mass is 32.2. The number of carboxylic acid groups (broad SMARTS) is 1. The van der Waals surface area contributed by atoms with Gasteiger partial charge in [0.25, 0.3) is 5.91 Å². The Labute approximate surface area is 138 Å². The topological polar surface area (TPSA) is 66.4 Å². The van der Waals surface area contributed by atoms with Gasteiger partial charge in [0.2, 0.25) is 0 Å². The summed E-state index contributed by atoms with van der Waals surface area (Å²) in [6.07, 6.45) is 0.457. The minimum atomic E-state index is -1.15. The van der Waals surface area contributed by atoms with Crippen molar-refractivity contribution in [3.05, 3.63) is 71.8 Å². The van der Waals surface area contributed by atoms with Crippen molar-refractivity contribution in [2.45, 2.75) is 23.0 Å². The summed E-state index contributed by atoms with van der Waals surface area (Å²) in [6, 6.07) is 18.6. The van der Waals surface area contributed by atoms with E-state index in [-0.39, 0.29) is 11.2 Å². The van der Waals surface area contributed by atoms with Crippen LogP contribution in [0.4, 0.5) is 0 Å². The van der Waals surface area contributed by atoms with Gasteiger partial charge >= 0.3 is 5.97 Å². The zero-order chi connectivity index (χ0) is 16.3. The molecule has 4 nitrogen and oxygen atoms in total. The van der Waals surface area contributed by atoms with Gasteiger partial charge in [-0.05, 0) is 24.1 Å². The second-order valence-electron chi connectivity index (χ2n) is 5.59. The molecule has 1 amide bonds. The Morgan fingerprint density at radius 3 is 2.30 bits per heavy atom. The van der Waals surface area contributed by atoms with Crippen LogP contribution in [0.2, 0.25) is 0 Å². The fraction of sp³-hybridized carbons (Fsp3) is 0.222. The van der Waals surface area contributed by atoms with Gasteiger partial charge in [-0.3, -0.25) is 4.79 Å². The minimum Gasteiger partial charge on any atom is -0.479 e. The van der Waals surface area contributed by atoms with E-state index >= 15 is 0 Å². The molecular weight excluding hydrogens is 310 g/mol. The van der Waals surface area contributed by atoms with Crippen LogP contribution in [-0.4, -0.2) is 27.8 Å². The number of hydrogen-bond acceptors (Lipinski definition) is 3. The molecule has 0 aliphatic heterocycles. The summed E-state index contributed by atoms with van der Waals surface area (Å²) in [5.41, 5.74) is 0.483. The van der Waals surface area contributed by atoms with Gasteiger partial charge in [0, 0.05) is 16.6 Å². The molecule has 0 spiro atoms. The van der Waals surface area contributed by atoms with E-state index in [1.807, 2.05) is 36.4 Å². The summed E-state index contributed by atoms with van der Waals surface area (Å²) in [5.74, 6) is -0.565. The Hall–Kier alpha value is -2.27. The lowest BCUT2D eigenvalue weighted by molar-refractivity contribution is -0.140. The third kappa shape index (κ3) is 3.40. The van der Waals surface area contributed by atoms with Crippen LogP contribution >= 0.6 is 11.8 Å². The number of thioether (sulfide) groups is 1. The number of carboxylic acids is 1. The molecule has 3 rings (SSSR count). The van der Waals surface area contributed by atoms with Crippen molar-refractivity contribution in [1.29, 1.82) is 0 Å². The molecule has 2 atom stereocenters. The van der Waals surface area contributed by atoms with Gasteiger partial charge in [0.15, 0.2) is 5.54 Å². The Kier molecular flexibility index (Phi) is 4.39. The summed E-state index contributed by atoms with van der Waals surface area (Å²) < 4.78 is 0. The summed E-state index contributed by atoms with van der Waals surface area (Å²) in [7, 11) is 0. The van der Waals surface area contributed by atoms with E-state index in [1.165, 1.54) is 0 Å². The first-order chi connectivity index (χ1) is 11.1. The van der Waals surface area contributed by atoms with Crippen LogP contribution < -0.4 is 5.32 Å². The standard InChI is InChI=1S/C18H17NO3S/c20-16(14-9-5-2-6-10-14)19-18(17(21)22)11-15(18)23-12-13-7-3-1-4-8-13/h1-10,15H,11-12H2,(H,19,20)(H,21,22)/t15-,18+/m0/s1. The number of carbonyl (C=O) groups is 2. The predicted molar refractivity (Wildman–Crippen MR) is 90.4 cm³/mol. The SMILES string of the molecule is O=C(N[C@]1(C(=O)O)C[C@@H]1SCc1ccccc1)c1ccccc1. The Balaban J connectivity index is 1.64. The van der Waals surface area contributed by atoms with Gasteiger partial charge in [-0.25, -0.2) is 4.79 Å². The lowest BCUT2D eigenvalue weighted by Crippen LogP contribution is -2.45. The van der Waals surface area contributed by atoms with Gasteiger partial charge in [-0.15, -0.1) is 0 Å². The first kappa shape index (κ1) is 15.6. The van der Waals surface area contributed by atoms with E-state index < -0.39 is 11.5 Å². The minimum absolute atomic E-state index is 0.104. The van der Waals surface area contributed by atoms with Crippen LogP contribution in [0.25, 0.3) is 0 Å². The van der Waals surface area contributed by atoms with Crippen LogP contribution in [0.5, 0.6) is 0 Å². The average Bonchev–Trinajstić information content (AvgIpc) is 3.29. The maximum absolute atomic E-state index is 12.2. The summed E-state index contributed by atoms with van der Waals surface area (Å²) >= 11 is 1.57. The van der Waals surface area contributed by atoms with Gasteiger partial charge < -0.3 is 10.4 Å². The fourth-order valence-electron chi connectivity index (χ4n) is 2.48. The first-order valence-electron chi connectivity index (χ1n) is 7.38. The van der Waals surface area contributed by atoms with Crippen molar-refractivity contribution in [2.75, 3.05) is 0 Å². The molecule has 0 bridgehead atoms. The predicted octanol–water partition coefficient (Wildman–Crippen LogP) is 2.95. The van der Waals surface area contributed by atoms with Crippen LogP contribution in [0, 0.1) is 0 Å². The van der Waals surface area contributed by atoms with E-state index in [9.17, 15) is 14.7 Å². The zero-order valence-corrected chi connectivity index (χ0v) is 13.3. The van der Waals surface area contributed by atoms with Gasteiger partial charge in [0.1, 0.15) is 0 Å². The molecule has 0 aromatic heterocycles. The molecule has 1 aliphatic carbocycles. The number of carbonyl (C=O) groups excluding carboxylic acids is 1. The molecule has 2 N–H and O–H groups in total.